The van der Waals surface area contributed by atoms with Crippen molar-refractivity contribution in [2.24, 2.45) is 0 Å². The predicted octanol–water partition coefficient (Wildman–Crippen LogP) is 2.77. The molecule has 6 heteroatoms. The summed E-state index contributed by atoms with van der Waals surface area (Å²) in [6.45, 7) is 5.36. The summed E-state index contributed by atoms with van der Waals surface area (Å²) in [6, 6.07) is 1.69. The van der Waals surface area contributed by atoms with Crippen LogP contribution in [0.5, 0.6) is 0 Å². The van der Waals surface area contributed by atoms with Crippen molar-refractivity contribution in [2.75, 3.05) is 13.1 Å². The van der Waals surface area contributed by atoms with Gasteiger partial charge in [-0.1, -0.05) is 5.16 Å². The second-order valence-electron chi connectivity index (χ2n) is 5.22. The van der Waals surface area contributed by atoms with E-state index in [0.29, 0.717) is 17.4 Å². The summed E-state index contributed by atoms with van der Waals surface area (Å²) in [5, 5.41) is 4.95. The number of rotatable bonds is 2. The first-order valence-electron chi connectivity index (χ1n) is 6.78. The van der Waals surface area contributed by atoms with Crippen molar-refractivity contribution in [2.45, 2.75) is 32.6 Å². The predicted molar refractivity (Wildman–Crippen MR) is 76.0 cm³/mol. The Morgan fingerprint density at radius 1 is 1.50 bits per heavy atom. The molecule has 0 radical (unpaired) electrons. The average Bonchev–Trinajstić information content (AvgIpc) is 3.07. The van der Waals surface area contributed by atoms with E-state index >= 15 is 0 Å². The molecule has 2 aromatic rings. The Morgan fingerprint density at radius 2 is 2.35 bits per heavy atom. The van der Waals surface area contributed by atoms with Crippen molar-refractivity contribution in [3.8, 4) is 0 Å². The fraction of sp³-hybridized carbons (Fsp3) is 0.500. The molecule has 1 amide bonds. The van der Waals surface area contributed by atoms with Gasteiger partial charge < -0.3 is 9.42 Å². The number of aromatic nitrogens is 2. The first kappa shape index (κ1) is 13.3. The zero-order valence-corrected chi connectivity index (χ0v) is 12.4. The van der Waals surface area contributed by atoms with Crippen LogP contribution in [0.1, 0.15) is 44.9 Å². The number of nitrogens with zero attached hydrogens (tertiary/aromatic N) is 3. The number of thiazole rings is 1. The maximum absolute atomic E-state index is 12.4. The van der Waals surface area contributed by atoms with Gasteiger partial charge >= 0.3 is 0 Å². The van der Waals surface area contributed by atoms with Gasteiger partial charge in [-0.2, -0.15) is 0 Å². The first-order valence-corrected chi connectivity index (χ1v) is 7.60. The Morgan fingerprint density at radius 3 is 3.00 bits per heavy atom. The SMILES string of the molecule is Cc1cc(C(=O)N2CCC[C@H](c3ncc(C)s3)C2)no1. The molecule has 0 aliphatic carbocycles. The summed E-state index contributed by atoms with van der Waals surface area (Å²) in [4.78, 5) is 19.9. The molecule has 20 heavy (non-hydrogen) atoms. The molecule has 1 aliphatic rings. The van der Waals surface area contributed by atoms with E-state index in [9.17, 15) is 4.79 Å². The summed E-state index contributed by atoms with van der Waals surface area (Å²) in [6.07, 6.45) is 4.00. The van der Waals surface area contributed by atoms with Crippen molar-refractivity contribution in [3.63, 3.8) is 0 Å². The van der Waals surface area contributed by atoms with Gasteiger partial charge in [-0.3, -0.25) is 4.79 Å². The Labute approximate surface area is 121 Å². The number of piperidine rings is 1. The lowest BCUT2D eigenvalue weighted by Crippen LogP contribution is -2.39. The van der Waals surface area contributed by atoms with Gasteiger partial charge in [-0.05, 0) is 26.7 Å². The molecule has 2 aromatic heterocycles. The number of hydrogen-bond donors (Lipinski definition) is 0. The molecular formula is C14H17N3O2S. The van der Waals surface area contributed by atoms with E-state index < -0.39 is 0 Å². The number of amides is 1. The summed E-state index contributed by atoms with van der Waals surface area (Å²) < 4.78 is 4.98. The molecule has 5 nitrogen and oxygen atoms in total. The van der Waals surface area contributed by atoms with E-state index in [1.54, 1.807) is 24.3 Å². The molecule has 0 bridgehead atoms. The Hall–Kier alpha value is -1.69. The quantitative estimate of drug-likeness (QED) is 0.853. The molecular weight excluding hydrogens is 274 g/mol. The number of likely N-dealkylation sites (tertiary alicyclic amines) is 1. The van der Waals surface area contributed by atoms with Gasteiger partial charge in [0.2, 0.25) is 0 Å². The van der Waals surface area contributed by atoms with Gasteiger partial charge in [-0.15, -0.1) is 11.3 Å². The minimum absolute atomic E-state index is 0.0418. The number of aryl methyl sites for hydroxylation is 2. The highest BCUT2D eigenvalue weighted by molar-refractivity contribution is 7.11. The van der Waals surface area contributed by atoms with Crippen molar-refractivity contribution in [1.82, 2.24) is 15.0 Å². The summed E-state index contributed by atoms with van der Waals surface area (Å²) >= 11 is 1.72. The smallest absolute Gasteiger partial charge is 0.276 e. The van der Waals surface area contributed by atoms with E-state index in [1.165, 1.54) is 4.88 Å². The van der Waals surface area contributed by atoms with Crippen LogP contribution in [0, 0.1) is 13.8 Å². The van der Waals surface area contributed by atoms with E-state index in [2.05, 4.69) is 17.1 Å². The topological polar surface area (TPSA) is 59.2 Å². The standard InChI is InChI=1S/C14H17N3O2S/c1-9-6-12(16-19-9)14(18)17-5-3-4-11(8-17)13-15-7-10(2)20-13/h6-7,11H,3-5,8H2,1-2H3/t11-/m0/s1. The summed E-state index contributed by atoms with van der Waals surface area (Å²) in [7, 11) is 0. The van der Waals surface area contributed by atoms with Crippen molar-refractivity contribution in [1.29, 1.82) is 0 Å². The third-order valence-corrected chi connectivity index (χ3v) is 4.62. The van der Waals surface area contributed by atoms with E-state index in [0.717, 1.165) is 30.9 Å². The van der Waals surface area contributed by atoms with E-state index in [-0.39, 0.29) is 5.91 Å². The zero-order chi connectivity index (χ0) is 14.1. The molecule has 0 aromatic carbocycles. The van der Waals surface area contributed by atoms with Gasteiger partial charge in [0.1, 0.15) is 5.76 Å². The maximum atomic E-state index is 12.4. The minimum atomic E-state index is -0.0418. The molecule has 1 saturated heterocycles. The van der Waals surface area contributed by atoms with Crippen LogP contribution in [0.4, 0.5) is 0 Å². The van der Waals surface area contributed by atoms with Crippen LogP contribution in [0.2, 0.25) is 0 Å². The highest BCUT2D eigenvalue weighted by Gasteiger charge is 2.28. The average molecular weight is 291 g/mol. The second-order valence-corrected chi connectivity index (χ2v) is 6.49. The van der Waals surface area contributed by atoms with Crippen LogP contribution in [-0.2, 0) is 0 Å². The third-order valence-electron chi connectivity index (χ3n) is 3.54. The van der Waals surface area contributed by atoms with E-state index in [1.807, 2.05) is 11.1 Å². The largest absolute Gasteiger partial charge is 0.361 e. The lowest BCUT2D eigenvalue weighted by atomic mass is 9.98. The number of hydrogen-bond acceptors (Lipinski definition) is 5. The van der Waals surface area contributed by atoms with Crippen molar-refractivity contribution < 1.29 is 9.32 Å². The summed E-state index contributed by atoms with van der Waals surface area (Å²) in [5.74, 6) is 0.969. The van der Waals surface area contributed by atoms with Crippen molar-refractivity contribution >= 4 is 17.2 Å². The molecule has 1 fully saturated rings. The molecule has 3 heterocycles. The van der Waals surface area contributed by atoms with Gasteiger partial charge in [0.15, 0.2) is 5.69 Å². The van der Waals surface area contributed by atoms with Crippen LogP contribution in [-0.4, -0.2) is 34.0 Å². The van der Waals surface area contributed by atoms with Crippen molar-refractivity contribution in [3.05, 3.63) is 33.6 Å². The van der Waals surface area contributed by atoms with Crippen LogP contribution in [0.25, 0.3) is 0 Å². The van der Waals surface area contributed by atoms with Gasteiger partial charge in [-0.25, -0.2) is 4.98 Å². The molecule has 1 atom stereocenters. The number of carbonyl (C=O) groups excluding carboxylic acids is 1. The van der Waals surface area contributed by atoms with Gasteiger partial charge in [0.25, 0.3) is 5.91 Å². The molecule has 106 valence electrons. The Bertz CT molecular complexity index is 619. The van der Waals surface area contributed by atoms with Crippen LogP contribution in [0.3, 0.4) is 0 Å². The lowest BCUT2D eigenvalue weighted by Gasteiger charge is -2.31. The maximum Gasteiger partial charge on any atom is 0.276 e. The molecule has 0 spiro atoms. The van der Waals surface area contributed by atoms with Gasteiger partial charge in [0, 0.05) is 36.1 Å². The zero-order valence-electron chi connectivity index (χ0n) is 11.6. The summed E-state index contributed by atoms with van der Waals surface area (Å²) in [5.41, 5.74) is 0.401. The van der Waals surface area contributed by atoms with Crippen LogP contribution < -0.4 is 0 Å². The molecule has 1 aliphatic heterocycles. The molecule has 0 saturated carbocycles. The molecule has 3 rings (SSSR count). The van der Waals surface area contributed by atoms with E-state index in [4.69, 9.17) is 4.52 Å². The second kappa shape index (κ2) is 5.36. The highest BCUT2D eigenvalue weighted by atomic mass is 32.1. The monoisotopic (exact) mass is 291 g/mol. The van der Waals surface area contributed by atoms with Gasteiger partial charge in [0.05, 0.1) is 5.01 Å². The van der Waals surface area contributed by atoms with Crippen LogP contribution >= 0.6 is 11.3 Å². The third kappa shape index (κ3) is 2.60. The Balaban J connectivity index is 1.73. The first-order chi connectivity index (χ1) is 9.63. The fourth-order valence-electron chi connectivity index (χ4n) is 2.55. The normalized spacial score (nSPS) is 19.3. The number of carbonyl (C=O) groups is 1. The molecule has 0 N–H and O–H groups in total. The van der Waals surface area contributed by atoms with Crippen LogP contribution in [0.15, 0.2) is 16.8 Å². The minimum Gasteiger partial charge on any atom is -0.361 e. The lowest BCUT2D eigenvalue weighted by molar-refractivity contribution is 0.0696. The Kier molecular flexibility index (Phi) is 3.56. The highest BCUT2D eigenvalue weighted by Crippen LogP contribution is 2.30. The fourth-order valence-corrected chi connectivity index (χ4v) is 3.45. The molecule has 0 unspecified atom stereocenters.